The molecule has 0 saturated heterocycles. The van der Waals surface area contributed by atoms with Gasteiger partial charge in [-0.05, 0) is 20.3 Å². The summed E-state index contributed by atoms with van der Waals surface area (Å²) in [5.41, 5.74) is 0. The first kappa shape index (κ1) is 28.6. The van der Waals surface area contributed by atoms with Gasteiger partial charge in [-0.1, -0.05) is 71.1 Å². The Labute approximate surface area is 165 Å². The van der Waals surface area contributed by atoms with Crippen molar-refractivity contribution in [2.45, 2.75) is 97.5 Å². The van der Waals surface area contributed by atoms with E-state index in [1.807, 2.05) is 0 Å². The van der Waals surface area contributed by atoms with Crippen LogP contribution in [-0.4, -0.2) is 59.8 Å². The monoisotopic (exact) mass is 364 g/mol. The van der Waals surface area contributed by atoms with Crippen molar-refractivity contribution < 1.29 is 22.3 Å². The average molecular weight is 365 g/mol. The summed E-state index contributed by atoms with van der Waals surface area (Å²) in [6.07, 6.45) is 15.9. The summed E-state index contributed by atoms with van der Waals surface area (Å²) in [5, 5.41) is 0. The van der Waals surface area contributed by atoms with Crippen LogP contribution in [0.3, 0.4) is 0 Å². The minimum absolute atomic E-state index is 0. The molecule has 2 N–H and O–H groups in total. The maximum absolute atomic E-state index is 8.74. The minimum atomic E-state index is -4.67. The molecule has 5 nitrogen and oxygen atoms in total. The number of unbranched alkanes of at least 4 members (excludes halogenated alkanes) is 9. The number of hydrogen-bond donors (Lipinski definition) is 2. The van der Waals surface area contributed by atoms with Gasteiger partial charge >= 0.3 is 40.0 Å². The maximum atomic E-state index is 8.74. The number of ether oxygens (including phenoxy) is 1. The van der Waals surface area contributed by atoms with Crippen molar-refractivity contribution in [3.8, 4) is 0 Å². The molecule has 0 aliphatic heterocycles. The molecule has 138 valence electrons. The van der Waals surface area contributed by atoms with E-state index in [0.29, 0.717) is 6.10 Å². The van der Waals surface area contributed by atoms with Crippen LogP contribution in [0.1, 0.15) is 91.4 Å². The predicted octanol–water partition coefficient (Wildman–Crippen LogP) is 4.42. The van der Waals surface area contributed by atoms with Crippen molar-refractivity contribution in [1.82, 2.24) is 0 Å². The Kier molecular flexibility index (Phi) is 26.0. The van der Waals surface area contributed by atoms with Gasteiger partial charge in [0.25, 0.3) is 0 Å². The van der Waals surface area contributed by atoms with E-state index in [9.17, 15) is 0 Å². The van der Waals surface area contributed by atoms with E-state index < -0.39 is 10.4 Å². The molecule has 23 heavy (non-hydrogen) atoms. The molecule has 0 aromatic heterocycles. The third-order valence-corrected chi connectivity index (χ3v) is 3.42. The van der Waals surface area contributed by atoms with Crippen LogP contribution in [0.2, 0.25) is 0 Å². The van der Waals surface area contributed by atoms with Crippen LogP contribution in [-0.2, 0) is 15.1 Å². The Morgan fingerprint density at radius 2 is 1.17 bits per heavy atom. The zero-order chi connectivity index (χ0) is 17.3. The molecular formula is C16H37NaO5S. The topological polar surface area (TPSA) is 83.8 Å². The molecule has 0 spiro atoms. The molecule has 0 amide bonds. The fourth-order valence-corrected chi connectivity index (χ4v) is 2.29. The zero-order valence-corrected chi connectivity index (χ0v) is 15.4. The van der Waals surface area contributed by atoms with Crippen molar-refractivity contribution in [2.75, 3.05) is 6.61 Å². The average Bonchev–Trinajstić information content (AvgIpc) is 2.39. The van der Waals surface area contributed by atoms with Gasteiger partial charge in [0.1, 0.15) is 0 Å². The van der Waals surface area contributed by atoms with Gasteiger partial charge in [-0.15, -0.1) is 0 Å². The normalized spacial score (nSPS) is 12.0. The van der Waals surface area contributed by atoms with E-state index in [-0.39, 0.29) is 29.6 Å². The van der Waals surface area contributed by atoms with Gasteiger partial charge in [0, 0.05) is 6.61 Å². The van der Waals surface area contributed by atoms with E-state index in [2.05, 4.69) is 20.8 Å². The third kappa shape index (κ3) is 39.5. The summed E-state index contributed by atoms with van der Waals surface area (Å²) >= 11 is 0. The first-order chi connectivity index (χ1) is 10.3. The van der Waals surface area contributed by atoms with Crippen LogP contribution in [0.5, 0.6) is 0 Å². The van der Waals surface area contributed by atoms with Gasteiger partial charge in [0.05, 0.1) is 6.10 Å². The Morgan fingerprint density at radius 1 is 0.826 bits per heavy atom. The van der Waals surface area contributed by atoms with E-state index in [1.165, 1.54) is 70.6 Å². The summed E-state index contributed by atoms with van der Waals surface area (Å²) in [6, 6.07) is 0. The van der Waals surface area contributed by atoms with Gasteiger partial charge in [0.2, 0.25) is 0 Å². The van der Waals surface area contributed by atoms with E-state index in [0.717, 1.165) is 6.61 Å². The molecule has 0 aromatic rings. The van der Waals surface area contributed by atoms with Crippen molar-refractivity contribution in [3.05, 3.63) is 0 Å². The van der Waals surface area contributed by atoms with Gasteiger partial charge in [-0.25, -0.2) is 0 Å². The Balaban J connectivity index is -0.000000578. The predicted molar refractivity (Wildman–Crippen MR) is 98.9 cm³/mol. The number of hydrogen-bond acceptors (Lipinski definition) is 3. The molecule has 0 aliphatic carbocycles. The summed E-state index contributed by atoms with van der Waals surface area (Å²) < 4.78 is 37.1. The summed E-state index contributed by atoms with van der Waals surface area (Å²) in [7, 11) is -4.67. The van der Waals surface area contributed by atoms with Crippen LogP contribution in [0.25, 0.3) is 0 Å². The Morgan fingerprint density at radius 3 is 1.52 bits per heavy atom. The van der Waals surface area contributed by atoms with Crippen molar-refractivity contribution in [1.29, 1.82) is 0 Å². The molecule has 0 heterocycles. The second-order valence-corrected chi connectivity index (χ2v) is 6.58. The second kappa shape index (κ2) is 20.9. The van der Waals surface area contributed by atoms with Crippen molar-refractivity contribution in [3.63, 3.8) is 0 Å². The van der Waals surface area contributed by atoms with Crippen LogP contribution in [0.4, 0.5) is 0 Å². The molecule has 1 atom stereocenters. The quantitative estimate of drug-likeness (QED) is 0.287. The van der Waals surface area contributed by atoms with Crippen LogP contribution < -0.4 is 0 Å². The molecule has 0 radical (unpaired) electrons. The molecule has 0 aromatic carbocycles. The van der Waals surface area contributed by atoms with E-state index in [4.69, 9.17) is 22.3 Å². The molecule has 0 rings (SSSR count). The van der Waals surface area contributed by atoms with Gasteiger partial charge in [0.15, 0.2) is 0 Å². The second-order valence-electron chi connectivity index (χ2n) is 5.68. The standard InChI is InChI=1S/C16H34O.Na.H2O4S.H/c1-4-6-7-8-9-10-11-12-13-14-15-16(3)17-5-2;;1-5(2,3)4;/h16H,4-15H2,1-3H3;;(H2,1,2,3,4);. The molecule has 0 saturated carbocycles. The molecular weight excluding hydrogens is 327 g/mol. The first-order valence-corrected chi connectivity index (χ1v) is 10.0. The van der Waals surface area contributed by atoms with E-state index in [1.54, 1.807) is 0 Å². The van der Waals surface area contributed by atoms with Gasteiger partial charge < -0.3 is 4.74 Å². The number of rotatable bonds is 13. The van der Waals surface area contributed by atoms with Crippen molar-refractivity contribution >= 4 is 40.0 Å². The molecule has 7 heteroatoms. The van der Waals surface area contributed by atoms with Crippen LogP contribution in [0.15, 0.2) is 0 Å². The molecule has 0 aliphatic rings. The summed E-state index contributed by atoms with van der Waals surface area (Å²) in [5.74, 6) is 0. The SMILES string of the molecule is CCCCCCCCCCCCC(C)OCC.O=S(=O)(O)O.[NaH]. The fraction of sp³-hybridized carbons (Fsp3) is 1.00. The van der Waals surface area contributed by atoms with E-state index >= 15 is 0 Å². The Hall–Kier alpha value is 0.830. The van der Waals surface area contributed by atoms with Gasteiger partial charge in [-0.3, -0.25) is 9.11 Å². The van der Waals surface area contributed by atoms with Crippen LogP contribution in [0, 0.1) is 0 Å². The first-order valence-electron chi connectivity index (χ1n) is 8.62. The molecule has 0 bridgehead atoms. The zero-order valence-electron chi connectivity index (χ0n) is 14.6. The third-order valence-electron chi connectivity index (χ3n) is 3.42. The Bertz CT molecular complexity index is 302. The van der Waals surface area contributed by atoms with Crippen LogP contribution >= 0.6 is 0 Å². The van der Waals surface area contributed by atoms with Crippen molar-refractivity contribution in [2.24, 2.45) is 0 Å². The summed E-state index contributed by atoms with van der Waals surface area (Å²) in [4.78, 5) is 0. The summed E-state index contributed by atoms with van der Waals surface area (Å²) in [6.45, 7) is 7.41. The fourth-order valence-electron chi connectivity index (χ4n) is 2.29. The van der Waals surface area contributed by atoms with Gasteiger partial charge in [-0.2, -0.15) is 8.42 Å². The molecule has 0 fully saturated rings. The molecule has 1 unspecified atom stereocenters.